The average molecular weight is 797 g/mol. The molecular formula is C42H38BrN9O3. The van der Waals surface area contributed by atoms with Crippen molar-refractivity contribution in [3.8, 4) is 11.1 Å². The fourth-order valence-electron chi connectivity index (χ4n) is 8.27. The van der Waals surface area contributed by atoms with E-state index in [1.807, 2.05) is 41.6 Å². The zero-order chi connectivity index (χ0) is 36.9. The molecule has 7 heterocycles. The van der Waals surface area contributed by atoms with Crippen LogP contribution in [0, 0.1) is 0 Å². The van der Waals surface area contributed by atoms with Gasteiger partial charge >= 0.3 is 6.03 Å². The van der Waals surface area contributed by atoms with Gasteiger partial charge in [-0.3, -0.25) is 0 Å². The van der Waals surface area contributed by atoms with Gasteiger partial charge < -0.3 is 33.7 Å². The lowest BCUT2D eigenvalue weighted by Gasteiger charge is -2.36. The highest BCUT2D eigenvalue weighted by Gasteiger charge is 2.36. The van der Waals surface area contributed by atoms with Crippen LogP contribution in [0.2, 0.25) is 0 Å². The van der Waals surface area contributed by atoms with Crippen LogP contribution in [0.4, 0.5) is 10.7 Å². The number of halogens is 1. The number of amides is 2. The molecule has 12 nitrogen and oxygen atoms in total. The Kier molecular flexibility index (Phi) is 8.76. The summed E-state index contributed by atoms with van der Waals surface area (Å²) >= 11 is 3.55. The molecule has 3 aromatic heterocycles. The minimum atomic E-state index is 0.0319. The van der Waals surface area contributed by atoms with Gasteiger partial charge in [-0.1, -0.05) is 82.7 Å². The highest BCUT2D eigenvalue weighted by molar-refractivity contribution is 9.10. The second kappa shape index (κ2) is 14.2. The first-order chi connectivity index (χ1) is 27.1. The molecule has 2 fully saturated rings. The van der Waals surface area contributed by atoms with Crippen LogP contribution < -0.4 is 10.2 Å². The van der Waals surface area contributed by atoms with Gasteiger partial charge in [0.15, 0.2) is 0 Å². The lowest BCUT2D eigenvalue weighted by molar-refractivity contribution is 0.0679. The van der Waals surface area contributed by atoms with Gasteiger partial charge in [0.25, 0.3) is 0 Å². The molecule has 0 bridgehead atoms. The van der Waals surface area contributed by atoms with Crippen LogP contribution in [-0.2, 0) is 22.7 Å². The minimum Gasteiger partial charge on any atom is -0.371 e. The number of benzene rings is 4. The summed E-state index contributed by atoms with van der Waals surface area (Å²) in [6.07, 6.45) is 3.78. The molecule has 3 atom stereocenters. The van der Waals surface area contributed by atoms with E-state index >= 15 is 0 Å². The van der Waals surface area contributed by atoms with Crippen molar-refractivity contribution in [2.45, 2.75) is 31.3 Å². The zero-order valence-corrected chi connectivity index (χ0v) is 31.5. The van der Waals surface area contributed by atoms with E-state index in [1.165, 1.54) is 11.1 Å². The molecule has 0 radical (unpaired) electrons. The van der Waals surface area contributed by atoms with Crippen LogP contribution in [0.25, 0.3) is 33.2 Å². The smallest absolute Gasteiger partial charge is 0.317 e. The van der Waals surface area contributed by atoms with Crippen LogP contribution >= 0.6 is 15.9 Å². The first-order valence-corrected chi connectivity index (χ1v) is 19.4. The van der Waals surface area contributed by atoms with E-state index in [9.17, 15) is 4.79 Å². The number of carbonyl (C=O) groups is 1. The highest BCUT2D eigenvalue weighted by atomic mass is 79.9. The van der Waals surface area contributed by atoms with Gasteiger partial charge in [-0.15, -0.1) is 0 Å². The third kappa shape index (κ3) is 6.31. The number of nitrogens with zero attached hydrogens (tertiary/aromatic N) is 8. The molecule has 4 aliphatic rings. The number of anilines is 1. The summed E-state index contributed by atoms with van der Waals surface area (Å²) in [4.78, 5) is 34.8. The molecule has 276 valence electrons. The van der Waals surface area contributed by atoms with Crippen LogP contribution in [0.15, 0.2) is 114 Å². The molecule has 55 heavy (non-hydrogen) atoms. The predicted molar refractivity (Wildman–Crippen MR) is 213 cm³/mol. The zero-order valence-electron chi connectivity index (χ0n) is 30.0. The molecule has 11 rings (SSSR count). The van der Waals surface area contributed by atoms with E-state index in [0.29, 0.717) is 45.5 Å². The third-order valence-electron chi connectivity index (χ3n) is 11.0. The molecule has 0 saturated carbocycles. The lowest BCUT2D eigenvalue weighted by atomic mass is 10.1. The lowest BCUT2D eigenvalue weighted by Crippen LogP contribution is -2.52. The molecule has 1 unspecified atom stereocenters. The molecule has 13 heteroatoms. The van der Waals surface area contributed by atoms with E-state index in [-0.39, 0.29) is 24.2 Å². The number of rotatable bonds is 4. The van der Waals surface area contributed by atoms with Gasteiger partial charge in [-0.05, 0) is 47.0 Å². The first kappa shape index (κ1) is 33.9. The third-order valence-corrected chi connectivity index (χ3v) is 11.5. The Hall–Kier alpha value is -5.63. The van der Waals surface area contributed by atoms with E-state index in [0.717, 1.165) is 62.4 Å². The summed E-state index contributed by atoms with van der Waals surface area (Å²) in [6, 6.07) is 33.9. The van der Waals surface area contributed by atoms with E-state index in [4.69, 9.17) is 14.5 Å². The fraction of sp³-hybridized carbons (Fsp3) is 0.262. The standard InChI is InChI=1S/C26H25N7O2.C16H13BrN2O/c34-26-29-13-20-14-31(8-9-32(20)26)25-27-11-19(12-28-25)18-6-7-21-22(10-18)33-23(15-35-16-24(33)30-21)17-4-2-1-3-5-17;17-12-6-7-13-14(8-12)19-15(9-20-10-16(19)18-13)11-4-2-1-3-5-11/h1-7,10-12,20,23H,8-9,13-16H2,(H,29,34);1-8,15H,9-10H2/t20?,23-;15-/m11/s1. The van der Waals surface area contributed by atoms with Gasteiger partial charge in [-0.2, -0.15) is 0 Å². The number of carbonyl (C=O) groups excluding carboxylic acids is 1. The van der Waals surface area contributed by atoms with Crippen molar-refractivity contribution in [3.05, 3.63) is 137 Å². The minimum absolute atomic E-state index is 0.0319. The Bertz CT molecular complexity index is 2510. The fourth-order valence-corrected chi connectivity index (χ4v) is 8.62. The van der Waals surface area contributed by atoms with Crippen molar-refractivity contribution in [1.82, 2.24) is 39.3 Å². The Morgan fingerprint density at radius 1 is 0.691 bits per heavy atom. The van der Waals surface area contributed by atoms with Gasteiger partial charge in [0.1, 0.15) is 24.9 Å². The number of urea groups is 1. The van der Waals surface area contributed by atoms with Crippen molar-refractivity contribution < 1.29 is 14.3 Å². The van der Waals surface area contributed by atoms with Crippen molar-refractivity contribution in [3.63, 3.8) is 0 Å². The summed E-state index contributed by atoms with van der Waals surface area (Å²) in [5.41, 5.74) is 8.73. The Balaban J connectivity index is 0.000000158. The maximum Gasteiger partial charge on any atom is 0.317 e. The normalized spacial score (nSPS) is 20.4. The molecule has 2 saturated heterocycles. The summed E-state index contributed by atoms with van der Waals surface area (Å²) in [7, 11) is 0. The number of aromatic nitrogens is 6. The average Bonchev–Trinajstić information content (AvgIpc) is 3.93. The quantitative estimate of drug-likeness (QED) is 0.208. The van der Waals surface area contributed by atoms with Crippen LogP contribution in [-0.4, -0.2) is 85.4 Å². The van der Waals surface area contributed by atoms with E-state index < -0.39 is 0 Å². The summed E-state index contributed by atoms with van der Waals surface area (Å²) < 4.78 is 17.3. The summed E-state index contributed by atoms with van der Waals surface area (Å²) in [6.45, 7) is 5.26. The molecule has 7 aromatic rings. The monoisotopic (exact) mass is 795 g/mol. The molecule has 4 aromatic carbocycles. The number of piperazine rings is 1. The molecular weight excluding hydrogens is 758 g/mol. The van der Waals surface area contributed by atoms with Crippen LogP contribution in [0.1, 0.15) is 34.9 Å². The second-order valence-corrected chi connectivity index (χ2v) is 15.2. The maximum absolute atomic E-state index is 11.9. The van der Waals surface area contributed by atoms with Crippen molar-refractivity contribution in [2.75, 3.05) is 44.3 Å². The van der Waals surface area contributed by atoms with Crippen molar-refractivity contribution in [1.29, 1.82) is 0 Å². The van der Waals surface area contributed by atoms with E-state index in [2.05, 4.69) is 123 Å². The van der Waals surface area contributed by atoms with Crippen LogP contribution in [0.3, 0.4) is 0 Å². The number of nitrogens with one attached hydrogen (secondary N) is 1. The van der Waals surface area contributed by atoms with Gasteiger partial charge in [0, 0.05) is 48.6 Å². The molecule has 0 aliphatic carbocycles. The van der Waals surface area contributed by atoms with Crippen molar-refractivity contribution in [2.24, 2.45) is 0 Å². The van der Waals surface area contributed by atoms with Gasteiger partial charge in [0.05, 0.1) is 53.4 Å². The molecule has 2 amide bonds. The van der Waals surface area contributed by atoms with Gasteiger partial charge in [-0.25, -0.2) is 24.7 Å². The number of fused-ring (bicyclic) bond motifs is 7. The van der Waals surface area contributed by atoms with Crippen LogP contribution in [0.5, 0.6) is 0 Å². The maximum atomic E-state index is 11.9. The number of hydrogen-bond donors (Lipinski definition) is 1. The van der Waals surface area contributed by atoms with Gasteiger partial charge in [0.2, 0.25) is 5.95 Å². The van der Waals surface area contributed by atoms with E-state index in [1.54, 1.807) is 0 Å². The predicted octanol–water partition coefficient (Wildman–Crippen LogP) is 6.75. The number of ether oxygens (including phenoxy) is 2. The molecule has 4 aliphatic heterocycles. The first-order valence-electron chi connectivity index (χ1n) is 18.6. The Labute approximate surface area is 325 Å². The summed E-state index contributed by atoms with van der Waals surface area (Å²) in [5, 5.41) is 2.92. The molecule has 0 spiro atoms. The molecule has 1 N–H and O–H groups in total. The summed E-state index contributed by atoms with van der Waals surface area (Å²) in [5.74, 6) is 2.65. The Morgan fingerprint density at radius 3 is 1.93 bits per heavy atom. The SMILES string of the molecule is Brc1ccc2nc3n(c2c1)[C@@H](c1ccccc1)COC3.O=C1NCC2CN(c3ncc(-c4ccc5nc6n(c5c4)[C@@H](c4ccccc4)COC6)cn3)CCN12. The Morgan fingerprint density at radius 2 is 1.29 bits per heavy atom. The highest BCUT2D eigenvalue weighted by Crippen LogP contribution is 2.34. The van der Waals surface area contributed by atoms with Crippen molar-refractivity contribution >= 4 is 50.0 Å². The largest absolute Gasteiger partial charge is 0.371 e. The number of imidazole rings is 2. The second-order valence-electron chi connectivity index (χ2n) is 14.3. The topological polar surface area (TPSA) is 115 Å². The number of hydrogen-bond acceptors (Lipinski definition) is 8.